The van der Waals surface area contributed by atoms with Crippen molar-refractivity contribution in [2.24, 2.45) is 0 Å². The molecule has 2 aromatic rings. The Hall–Kier alpha value is -0.980. The molecule has 1 saturated carbocycles. The summed E-state index contributed by atoms with van der Waals surface area (Å²) in [5, 5.41) is 3.17. The summed E-state index contributed by atoms with van der Waals surface area (Å²) in [7, 11) is 0. The summed E-state index contributed by atoms with van der Waals surface area (Å²) in [5.74, 6) is 0.139. The number of fused-ring (bicyclic) bond motifs is 1. The number of para-hydroxylation sites is 1. The molecule has 1 fully saturated rings. The second kappa shape index (κ2) is 8.46. The van der Waals surface area contributed by atoms with Crippen molar-refractivity contribution < 1.29 is 31.8 Å². The number of hydrogen-bond donors (Lipinski definition) is 1. The topological polar surface area (TPSA) is 64.5 Å². The van der Waals surface area contributed by atoms with Crippen LogP contribution >= 0.6 is 11.3 Å². The van der Waals surface area contributed by atoms with E-state index < -0.39 is 0 Å². The van der Waals surface area contributed by atoms with Gasteiger partial charge in [0.2, 0.25) is 17.6 Å². The lowest BCUT2D eigenvalue weighted by molar-refractivity contribution is -0.654. The number of rotatable bonds is 3. The SMILES string of the molecule is O.O=C(C[n+]1csc2ccccc21)NC1CCCCC1.[Br-]. The van der Waals surface area contributed by atoms with Crippen molar-refractivity contribution in [2.45, 2.75) is 44.7 Å². The molecule has 116 valence electrons. The number of aromatic nitrogens is 1. The van der Waals surface area contributed by atoms with E-state index in [-0.39, 0.29) is 28.4 Å². The van der Waals surface area contributed by atoms with Gasteiger partial charge in [-0.25, -0.2) is 0 Å². The summed E-state index contributed by atoms with van der Waals surface area (Å²) in [4.78, 5) is 12.1. The molecule has 6 heteroatoms. The molecule has 0 atom stereocenters. The summed E-state index contributed by atoms with van der Waals surface area (Å²) in [5.41, 5.74) is 3.18. The van der Waals surface area contributed by atoms with E-state index in [1.807, 2.05) is 22.2 Å². The molecule has 1 aliphatic rings. The minimum Gasteiger partial charge on any atom is -1.00 e. The minimum atomic E-state index is 0. The van der Waals surface area contributed by atoms with E-state index in [0.717, 1.165) is 18.4 Å². The number of carbonyl (C=O) groups excluding carboxylic acids is 1. The monoisotopic (exact) mass is 372 g/mol. The zero-order valence-electron chi connectivity index (χ0n) is 11.8. The van der Waals surface area contributed by atoms with Gasteiger partial charge in [-0.05, 0) is 18.9 Å². The largest absolute Gasteiger partial charge is 1.00 e. The molecule has 3 rings (SSSR count). The zero-order chi connectivity index (χ0) is 13.1. The van der Waals surface area contributed by atoms with Crippen LogP contribution in [0.1, 0.15) is 32.1 Å². The molecule has 1 aromatic heterocycles. The lowest BCUT2D eigenvalue weighted by Crippen LogP contribution is -3.00. The van der Waals surface area contributed by atoms with Gasteiger partial charge < -0.3 is 27.8 Å². The van der Waals surface area contributed by atoms with Gasteiger partial charge in [-0.1, -0.05) is 42.7 Å². The summed E-state index contributed by atoms with van der Waals surface area (Å²) in [6.45, 7) is 0.431. The highest BCUT2D eigenvalue weighted by molar-refractivity contribution is 7.16. The molecular weight excluding hydrogens is 352 g/mol. The van der Waals surface area contributed by atoms with E-state index in [9.17, 15) is 4.79 Å². The first-order valence-electron chi connectivity index (χ1n) is 6.98. The minimum absolute atomic E-state index is 0. The van der Waals surface area contributed by atoms with E-state index in [4.69, 9.17) is 0 Å². The van der Waals surface area contributed by atoms with Crippen LogP contribution in [0, 0.1) is 0 Å². The van der Waals surface area contributed by atoms with E-state index in [1.165, 1.54) is 24.0 Å². The molecule has 1 aromatic carbocycles. The Kier molecular flexibility index (Phi) is 7.28. The van der Waals surface area contributed by atoms with Gasteiger partial charge in [0, 0.05) is 12.1 Å². The average molecular weight is 373 g/mol. The van der Waals surface area contributed by atoms with E-state index in [2.05, 4.69) is 17.4 Å². The number of benzene rings is 1. The summed E-state index contributed by atoms with van der Waals surface area (Å²) in [6, 6.07) is 8.61. The molecule has 0 bridgehead atoms. The maximum atomic E-state index is 12.1. The Bertz CT molecular complexity index is 582. The van der Waals surface area contributed by atoms with Crippen molar-refractivity contribution in [1.82, 2.24) is 5.32 Å². The van der Waals surface area contributed by atoms with Crippen LogP contribution in [0.4, 0.5) is 0 Å². The fraction of sp³-hybridized carbons (Fsp3) is 0.467. The molecule has 0 unspecified atom stereocenters. The smallest absolute Gasteiger partial charge is 0.286 e. The van der Waals surface area contributed by atoms with Crippen LogP contribution in [0.25, 0.3) is 10.2 Å². The molecule has 0 saturated heterocycles. The summed E-state index contributed by atoms with van der Waals surface area (Å²) < 4.78 is 3.27. The predicted octanol–water partition coefficient (Wildman–Crippen LogP) is -1.18. The van der Waals surface area contributed by atoms with Crippen LogP contribution in [-0.2, 0) is 11.3 Å². The Morgan fingerprint density at radius 3 is 2.71 bits per heavy atom. The molecule has 1 heterocycles. The van der Waals surface area contributed by atoms with Crippen LogP contribution in [0.5, 0.6) is 0 Å². The third-order valence-corrected chi connectivity index (χ3v) is 4.72. The number of thiazole rings is 1. The van der Waals surface area contributed by atoms with E-state index in [1.54, 1.807) is 11.3 Å². The number of amides is 1. The highest BCUT2D eigenvalue weighted by Gasteiger charge is 2.19. The Labute approximate surface area is 139 Å². The third-order valence-electron chi connectivity index (χ3n) is 3.77. The lowest BCUT2D eigenvalue weighted by Gasteiger charge is -2.21. The molecule has 4 nitrogen and oxygen atoms in total. The Balaban J connectivity index is 0.00000110. The number of nitrogens with one attached hydrogen (secondary N) is 1. The van der Waals surface area contributed by atoms with Gasteiger partial charge >= 0.3 is 0 Å². The van der Waals surface area contributed by atoms with Gasteiger partial charge in [-0.15, -0.1) is 0 Å². The quantitative estimate of drug-likeness (QED) is 0.677. The van der Waals surface area contributed by atoms with Crippen molar-refractivity contribution >= 4 is 27.5 Å². The van der Waals surface area contributed by atoms with Gasteiger partial charge in [0.25, 0.3) is 5.91 Å². The molecule has 3 N–H and O–H groups in total. The van der Waals surface area contributed by atoms with Gasteiger partial charge in [0.15, 0.2) is 0 Å². The highest BCUT2D eigenvalue weighted by Crippen LogP contribution is 2.17. The second-order valence-corrected chi connectivity index (χ2v) is 6.11. The van der Waals surface area contributed by atoms with Crippen molar-refractivity contribution in [1.29, 1.82) is 0 Å². The first-order chi connectivity index (χ1) is 9.33. The van der Waals surface area contributed by atoms with Gasteiger partial charge in [-0.3, -0.25) is 4.79 Å². The number of carbonyl (C=O) groups is 1. The third kappa shape index (κ3) is 4.49. The van der Waals surface area contributed by atoms with Gasteiger partial charge in [-0.2, -0.15) is 4.57 Å². The predicted molar refractivity (Wildman–Crippen MR) is 80.6 cm³/mol. The molecule has 1 aliphatic carbocycles. The fourth-order valence-electron chi connectivity index (χ4n) is 2.77. The number of halogens is 1. The maximum Gasteiger partial charge on any atom is 0.286 e. The van der Waals surface area contributed by atoms with Crippen LogP contribution in [0.3, 0.4) is 0 Å². The number of nitrogens with zero attached hydrogens (tertiary/aromatic N) is 1. The molecule has 1 amide bonds. The van der Waals surface area contributed by atoms with Crippen molar-refractivity contribution in [3.63, 3.8) is 0 Å². The zero-order valence-corrected chi connectivity index (χ0v) is 14.3. The van der Waals surface area contributed by atoms with Crippen LogP contribution in [0.15, 0.2) is 29.8 Å². The van der Waals surface area contributed by atoms with Crippen molar-refractivity contribution in [3.8, 4) is 0 Å². The van der Waals surface area contributed by atoms with Gasteiger partial charge in [0.05, 0.1) is 0 Å². The van der Waals surface area contributed by atoms with Crippen LogP contribution in [0.2, 0.25) is 0 Å². The molecule has 0 radical (unpaired) electrons. The standard InChI is InChI=1S/C15H18N2OS.BrH.H2O/c18-15(16-12-6-2-1-3-7-12)10-17-11-19-14-9-5-4-8-13(14)17;;/h4-5,8-9,11-12H,1-3,6-7,10H2;1H;1H2. The fourth-order valence-corrected chi connectivity index (χ4v) is 3.66. The summed E-state index contributed by atoms with van der Waals surface area (Å²) in [6.07, 6.45) is 6.09. The first-order valence-corrected chi connectivity index (χ1v) is 7.86. The molecule has 0 spiro atoms. The summed E-state index contributed by atoms with van der Waals surface area (Å²) >= 11 is 1.68. The molecular formula is C15H21BrN2O2S. The van der Waals surface area contributed by atoms with Crippen LogP contribution < -0.4 is 26.9 Å². The normalized spacial score (nSPS) is 15.0. The van der Waals surface area contributed by atoms with Crippen molar-refractivity contribution in [2.75, 3.05) is 0 Å². The molecule has 21 heavy (non-hydrogen) atoms. The van der Waals surface area contributed by atoms with E-state index in [0.29, 0.717) is 12.6 Å². The first kappa shape index (κ1) is 18.1. The van der Waals surface area contributed by atoms with E-state index >= 15 is 0 Å². The van der Waals surface area contributed by atoms with Gasteiger partial charge in [0.1, 0.15) is 4.70 Å². The number of hydrogen-bond acceptors (Lipinski definition) is 2. The Morgan fingerprint density at radius 2 is 1.95 bits per heavy atom. The second-order valence-electron chi connectivity index (χ2n) is 5.22. The average Bonchev–Trinajstić information content (AvgIpc) is 2.83. The van der Waals surface area contributed by atoms with Crippen molar-refractivity contribution in [3.05, 3.63) is 29.8 Å². The Morgan fingerprint density at radius 1 is 1.24 bits per heavy atom. The van der Waals surface area contributed by atoms with Crippen LogP contribution in [-0.4, -0.2) is 17.4 Å². The maximum absolute atomic E-state index is 12.1. The molecule has 0 aliphatic heterocycles. The highest BCUT2D eigenvalue weighted by atomic mass is 79.9. The lowest BCUT2D eigenvalue weighted by atomic mass is 9.95.